The Kier molecular flexibility index (Phi) is 2.84. The lowest BCUT2D eigenvalue weighted by Gasteiger charge is -1.93. The normalized spacial score (nSPS) is 13.9. The lowest BCUT2D eigenvalue weighted by Crippen LogP contribution is -2.10. The van der Waals surface area contributed by atoms with Gasteiger partial charge in [-0.2, -0.15) is 0 Å². The molecule has 0 heterocycles. The predicted octanol–water partition coefficient (Wildman–Crippen LogP) is 0.122. The Morgan fingerprint density at radius 3 is 2.11 bits per heavy atom. The third kappa shape index (κ3) is 5.49. The van der Waals surface area contributed by atoms with Crippen molar-refractivity contribution in [3.8, 4) is 0 Å². The fraction of sp³-hybridized carbons (Fsp3) is 0.800. The number of rotatable bonds is 2. The molecule has 0 bridgehead atoms. The van der Waals surface area contributed by atoms with Crippen molar-refractivity contribution in [1.29, 1.82) is 0 Å². The summed E-state index contributed by atoms with van der Waals surface area (Å²) in [7, 11) is -1.28. The van der Waals surface area contributed by atoms with Gasteiger partial charge in [0.1, 0.15) is 0 Å². The van der Waals surface area contributed by atoms with Crippen molar-refractivity contribution < 1.29 is 8.42 Å². The van der Waals surface area contributed by atoms with Crippen LogP contribution in [0.1, 0.15) is 6.92 Å². The first-order valence-electron chi connectivity index (χ1n) is 2.55. The second kappa shape index (κ2) is 2.96. The van der Waals surface area contributed by atoms with Gasteiger partial charge in [-0.15, -0.1) is 0 Å². The molecule has 0 aliphatic rings. The molecule has 0 unspecified atom stereocenters. The number of hydrogen-bond donors (Lipinski definition) is 0. The van der Waals surface area contributed by atoms with Crippen LogP contribution >= 0.6 is 0 Å². The first kappa shape index (κ1) is 8.62. The standard InChI is InChI=1S/C5H11NO2S/c1-5(6-2)4-9(3,7)8/h4H2,1-3H3/b6-5+. The summed E-state index contributed by atoms with van der Waals surface area (Å²) >= 11 is 0. The van der Waals surface area contributed by atoms with E-state index in [9.17, 15) is 8.42 Å². The number of aliphatic imine (C=N–C) groups is 1. The van der Waals surface area contributed by atoms with Crippen LogP contribution < -0.4 is 0 Å². The molecule has 0 N–H and O–H groups in total. The molecule has 0 fully saturated rings. The van der Waals surface area contributed by atoms with E-state index in [1.807, 2.05) is 0 Å². The number of hydrogen-bond acceptors (Lipinski definition) is 3. The Morgan fingerprint density at radius 2 is 2.00 bits per heavy atom. The minimum absolute atomic E-state index is 0.0729. The highest BCUT2D eigenvalue weighted by Crippen LogP contribution is 1.84. The van der Waals surface area contributed by atoms with Crippen LogP contribution in [0, 0.1) is 0 Å². The molecule has 0 saturated carbocycles. The van der Waals surface area contributed by atoms with E-state index in [4.69, 9.17) is 0 Å². The maximum absolute atomic E-state index is 10.5. The molecule has 4 heteroatoms. The van der Waals surface area contributed by atoms with Gasteiger partial charge in [-0.05, 0) is 6.92 Å². The number of nitrogens with zero attached hydrogens (tertiary/aromatic N) is 1. The van der Waals surface area contributed by atoms with Crippen LogP contribution in [0.15, 0.2) is 4.99 Å². The van der Waals surface area contributed by atoms with Crippen molar-refractivity contribution in [2.45, 2.75) is 6.92 Å². The smallest absolute Gasteiger partial charge is 0.152 e. The van der Waals surface area contributed by atoms with E-state index in [2.05, 4.69) is 4.99 Å². The Hall–Kier alpha value is -0.380. The Labute approximate surface area is 55.7 Å². The molecule has 0 atom stereocenters. The van der Waals surface area contributed by atoms with Crippen LogP contribution in [0.25, 0.3) is 0 Å². The van der Waals surface area contributed by atoms with Gasteiger partial charge in [0.2, 0.25) is 0 Å². The highest BCUT2D eigenvalue weighted by molar-refractivity contribution is 7.91. The van der Waals surface area contributed by atoms with Gasteiger partial charge in [-0.1, -0.05) is 0 Å². The minimum Gasteiger partial charge on any atom is -0.297 e. The largest absolute Gasteiger partial charge is 0.297 e. The van der Waals surface area contributed by atoms with E-state index in [0.717, 1.165) is 0 Å². The van der Waals surface area contributed by atoms with Crippen molar-refractivity contribution in [2.24, 2.45) is 4.99 Å². The highest BCUT2D eigenvalue weighted by atomic mass is 32.2. The van der Waals surface area contributed by atoms with Gasteiger partial charge in [-0.25, -0.2) is 8.42 Å². The summed E-state index contributed by atoms with van der Waals surface area (Å²) in [6, 6.07) is 0. The zero-order valence-electron chi connectivity index (χ0n) is 5.88. The number of sulfone groups is 1. The third-order valence-electron chi connectivity index (χ3n) is 0.853. The van der Waals surface area contributed by atoms with E-state index in [1.165, 1.54) is 6.26 Å². The summed E-state index contributed by atoms with van der Waals surface area (Å²) in [5.74, 6) is 0.0729. The molecule has 0 aliphatic heterocycles. The van der Waals surface area contributed by atoms with E-state index < -0.39 is 9.84 Å². The molecule has 0 radical (unpaired) electrons. The SMILES string of the molecule is C/N=C(\C)CS(C)(=O)=O. The fourth-order valence-corrected chi connectivity index (χ4v) is 1.33. The molecule has 0 saturated heterocycles. The summed E-state index contributed by atoms with van der Waals surface area (Å²) in [5, 5.41) is 0. The summed E-state index contributed by atoms with van der Waals surface area (Å²) in [5.41, 5.74) is 0.650. The van der Waals surface area contributed by atoms with E-state index in [0.29, 0.717) is 5.71 Å². The van der Waals surface area contributed by atoms with Crippen molar-refractivity contribution in [3.05, 3.63) is 0 Å². The molecule has 0 spiro atoms. The van der Waals surface area contributed by atoms with Crippen molar-refractivity contribution in [2.75, 3.05) is 19.1 Å². The van der Waals surface area contributed by atoms with Crippen LogP contribution in [0.5, 0.6) is 0 Å². The van der Waals surface area contributed by atoms with Crippen molar-refractivity contribution in [3.63, 3.8) is 0 Å². The fourth-order valence-electron chi connectivity index (χ4n) is 0.444. The van der Waals surface area contributed by atoms with E-state index in [1.54, 1.807) is 14.0 Å². The zero-order chi connectivity index (χ0) is 7.49. The van der Waals surface area contributed by atoms with E-state index >= 15 is 0 Å². The average molecular weight is 149 g/mol. The molecule has 54 valence electrons. The maximum atomic E-state index is 10.5. The predicted molar refractivity (Wildman–Crippen MR) is 38.7 cm³/mol. The lowest BCUT2D eigenvalue weighted by atomic mass is 10.5. The Morgan fingerprint density at radius 1 is 1.56 bits per heavy atom. The van der Waals surface area contributed by atoms with Crippen LogP contribution in [0.2, 0.25) is 0 Å². The molecule has 0 aromatic carbocycles. The Bertz CT molecular complexity index is 203. The summed E-state index contributed by atoms with van der Waals surface area (Å²) in [6.45, 7) is 1.70. The van der Waals surface area contributed by atoms with Gasteiger partial charge in [0, 0.05) is 19.0 Å². The molecule has 9 heavy (non-hydrogen) atoms. The molecule has 0 aromatic rings. The molecule has 3 nitrogen and oxygen atoms in total. The van der Waals surface area contributed by atoms with Gasteiger partial charge in [0.05, 0.1) is 5.75 Å². The third-order valence-corrected chi connectivity index (χ3v) is 1.79. The molecule has 0 amide bonds. The Balaban J connectivity index is 4.07. The quantitative estimate of drug-likeness (QED) is 0.523. The molecule has 0 rings (SSSR count). The van der Waals surface area contributed by atoms with Crippen molar-refractivity contribution in [1.82, 2.24) is 0 Å². The van der Waals surface area contributed by atoms with Crippen LogP contribution in [0.3, 0.4) is 0 Å². The first-order chi connectivity index (χ1) is 3.95. The average Bonchev–Trinajstić information content (AvgIpc) is 1.62. The molecule has 0 aliphatic carbocycles. The lowest BCUT2D eigenvalue weighted by molar-refractivity contribution is 0.605. The molecule has 0 aromatic heterocycles. The second-order valence-electron chi connectivity index (χ2n) is 2.03. The van der Waals surface area contributed by atoms with Crippen LogP contribution in [-0.2, 0) is 9.84 Å². The highest BCUT2D eigenvalue weighted by Gasteiger charge is 2.02. The van der Waals surface area contributed by atoms with Gasteiger partial charge in [0.25, 0.3) is 0 Å². The zero-order valence-corrected chi connectivity index (χ0v) is 6.70. The summed E-state index contributed by atoms with van der Waals surface area (Å²) < 4.78 is 21.0. The minimum atomic E-state index is -2.87. The van der Waals surface area contributed by atoms with Crippen LogP contribution in [0.4, 0.5) is 0 Å². The first-order valence-corrected chi connectivity index (χ1v) is 4.62. The monoisotopic (exact) mass is 149 g/mol. The maximum Gasteiger partial charge on any atom is 0.152 e. The van der Waals surface area contributed by atoms with Gasteiger partial charge >= 0.3 is 0 Å². The van der Waals surface area contributed by atoms with Crippen LogP contribution in [-0.4, -0.2) is 33.2 Å². The molecular weight excluding hydrogens is 138 g/mol. The molecular formula is C5H11NO2S. The van der Waals surface area contributed by atoms with Gasteiger partial charge in [0.15, 0.2) is 9.84 Å². The van der Waals surface area contributed by atoms with Gasteiger partial charge in [-0.3, -0.25) is 4.99 Å². The second-order valence-corrected chi connectivity index (χ2v) is 4.17. The van der Waals surface area contributed by atoms with Gasteiger partial charge < -0.3 is 0 Å². The van der Waals surface area contributed by atoms with E-state index in [-0.39, 0.29) is 5.75 Å². The summed E-state index contributed by atoms with van der Waals surface area (Å²) in [4.78, 5) is 3.71. The summed E-state index contributed by atoms with van der Waals surface area (Å²) in [6.07, 6.45) is 1.20. The topological polar surface area (TPSA) is 46.5 Å². The van der Waals surface area contributed by atoms with Crippen molar-refractivity contribution >= 4 is 15.5 Å².